The van der Waals surface area contributed by atoms with Gasteiger partial charge in [0, 0.05) is 6.42 Å². The molecule has 1 heterocycles. The first kappa shape index (κ1) is 16.6. The third-order valence-corrected chi connectivity index (χ3v) is 4.25. The molecule has 5 heteroatoms. The molecule has 0 aromatic heterocycles. The van der Waals surface area contributed by atoms with E-state index in [2.05, 4.69) is 20.8 Å². The number of nitrogens with one attached hydrogen (secondary N) is 1. The number of fused-ring (bicyclic) bond motifs is 1. The molecular weight excluding hydrogens is 282 g/mol. The Kier molecular flexibility index (Phi) is 4.96. The topological polar surface area (TPSA) is 79.6 Å². The van der Waals surface area contributed by atoms with Crippen LogP contribution in [0.1, 0.15) is 51.6 Å². The third kappa shape index (κ3) is 4.13. The summed E-state index contributed by atoms with van der Waals surface area (Å²) in [6.45, 7) is 6.54. The molecule has 2 atom stereocenters. The van der Waals surface area contributed by atoms with Crippen molar-refractivity contribution in [3.8, 4) is 11.5 Å². The van der Waals surface area contributed by atoms with Crippen LogP contribution in [0.2, 0.25) is 0 Å². The first-order valence-corrected chi connectivity index (χ1v) is 7.60. The smallest absolute Gasteiger partial charge is 0.303 e. The highest BCUT2D eigenvalue weighted by atomic mass is 16.7. The van der Waals surface area contributed by atoms with Gasteiger partial charge in [-0.1, -0.05) is 38.8 Å². The van der Waals surface area contributed by atoms with Crippen molar-refractivity contribution in [2.75, 3.05) is 6.79 Å². The van der Waals surface area contributed by atoms with E-state index < -0.39 is 12.0 Å². The molecule has 1 aliphatic rings. The molecule has 22 heavy (non-hydrogen) atoms. The van der Waals surface area contributed by atoms with Gasteiger partial charge in [-0.25, -0.2) is 0 Å². The summed E-state index contributed by atoms with van der Waals surface area (Å²) >= 11 is 0. The minimum atomic E-state index is -0.779. The lowest BCUT2D eigenvalue weighted by molar-refractivity contribution is -0.137. The summed E-state index contributed by atoms with van der Waals surface area (Å²) in [5.74, 6) is 0.803. The zero-order chi connectivity index (χ0) is 16.3. The van der Waals surface area contributed by atoms with Crippen LogP contribution >= 0.6 is 0 Å². The molecule has 0 spiro atoms. The summed E-state index contributed by atoms with van der Waals surface area (Å²) in [5.41, 5.74) is 9.29. The monoisotopic (exact) mass is 306 g/mol. The summed E-state index contributed by atoms with van der Waals surface area (Å²) in [6.07, 6.45) is 1.38. The van der Waals surface area contributed by atoms with Gasteiger partial charge in [-0.05, 0) is 29.9 Å². The van der Waals surface area contributed by atoms with Crippen LogP contribution < -0.4 is 9.47 Å². The van der Waals surface area contributed by atoms with Crippen molar-refractivity contribution >= 4 is 5.97 Å². The minimum Gasteiger partial charge on any atom is -0.671 e. The standard InChI is InChI=1S/C17H24NO4/c1-17(2,3)12(5-7-16(19)20)9-13(18)11-4-6-14-15(8-11)22-10-21-14/h4,6,8,12-13,18H,5,7,9-10H2,1-3H3,(H,19,20)/q-1/t12?,13-/m1/s1. The lowest BCUT2D eigenvalue weighted by atomic mass is 9.74. The summed E-state index contributed by atoms with van der Waals surface area (Å²) in [6, 6.07) is 5.19. The van der Waals surface area contributed by atoms with E-state index in [-0.39, 0.29) is 24.5 Å². The van der Waals surface area contributed by atoms with E-state index in [1.54, 1.807) is 0 Å². The molecule has 0 radical (unpaired) electrons. The van der Waals surface area contributed by atoms with Crippen LogP contribution in [0.25, 0.3) is 5.73 Å². The Labute approximate surface area is 131 Å². The highest BCUT2D eigenvalue weighted by molar-refractivity contribution is 5.66. The molecule has 1 unspecified atom stereocenters. The fraction of sp³-hybridized carbons (Fsp3) is 0.588. The first-order chi connectivity index (χ1) is 10.3. The predicted octanol–water partition coefficient (Wildman–Crippen LogP) is 4.43. The summed E-state index contributed by atoms with van der Waals surface area (Å²) in [7, 11) is 0. The van der Waals surface area contributed by atoms with Crippen molar-refractivity contribution in [2.45, 2.75) is 46.1 Å². The molecule has 5 nitrogen and oxygen atoms in total. The quantitative estimate of drug-likeness (QED) is 0.843. The minimum absolute atomic E-state index is 0.0227. The van der Waals surface area contributed by atoms with E-state index in [1.807, 2.05) is 18.2 Å². The number of ether oxygens (including phenoxy) is 2. The molecule has 2 N–H and O–H groups in total. The second-order valence-electron chi connectivity index (χ2n) is 6.90. The molecule has 0 fully saturated rings. The van der Waals surface area contributed by atoms with E-state index in [0.717, 1.165) is 5.56 Å². The van der Waals surface area contributed by atoms with Crippen LogP contribution in [0.4, 0.5) is 0 Å². The molecule has 0 aliphatic carbocycles. The van der Waals surface area contributed by atoms with Gasteiger partial charge in [-0.15, -0.1) is 6.04 Å². The molecule has 0 bridgehead atoms. The molecule has 0 saturated heterocycles. The predicted molar refractivity (Wildman–Crippen MR) is 84.1 cm³/mol. The number of carbonyl (C=O) groups is 1. The Hall–Kier alpha value is -1.75. The Morgan fingerprint density at radius 1 is 1.32 bits per heavy atom. The number of carboxylic acids is 1. The highest BCUT2D eigenvalue weighted by Gasteiger charge is 2.26. The van der Waals surface area contributed by atoms with E-state index >= 15 is 0 Å². The number of hydrogen-bond donors (Lipinski definition) is 1. The van der Waals surface area contributed by atoms with Crippen molar-refractivity contribution in [1.82, 2.24) is 0 Å². The van der Waals surface area contributed by atoms with Gasteiger partial charge in [0.25, 0.3) is 0 Å². The van der Waals surface area contributed by atoms with Gasteiger partial charge >= 0.3 is 5.97 Å². The maximum atomic E-state index is 10.8. The SMILES string of the molecule is CC(C)(C)C(CCC(=O)O)C[C@@H]([NH-])c1ccc2c(c1)OCO2. The van der Waals surface area contributed by atoms with Crippen LogP contribution in [0.15, 0.2) is 18.2 Å². The lowest BCUT2D eigenvalue weighted by Crippen LogP contribution is -2.23. The maximum absolute atomic E-state index is 10.8. The van der Waals surface area contributed by atoms with E-state index in [0.29, 0.717) is 24.3 Å². The molecular formula is C17H24NO4-. The Morgan fingerprint density at radius 2 is 2.00 bits per heavy atom. The second kappa shape index (κ2) is 6.57. The number of rotatable bonds is 6. The number of carboxylic acid groups (broad SMARTS) is 1. The third-order valence-electron chi connectivity index (χ3n) is 4.25. The van der Waals surface area contributed by atoms with Gasteiger partial charge in [-0.2, -0.15) is 0 Å². The van der Waals surface area contributed by atoms with Gasteiger partial charge in [0.15, 0.2) is 11.5 Å². The first-order valence-electron chi connectivity index (χ1n) is 7.60. The largest absolute Gasteiger partial charge is 0.671 e. The number of hydrogen-bond acceptors (Lipinski definition) is 3. The Balaban J connectivity index is 2.06. The van der Waals surface area contributed by atoms with Crippen LogP contribution in [0.3, 0.4) is 0 Å². The molecule has 1 aromatic carbocycles. The normalized spacial score (nSPS) is 16.4. The molecule has 0 amide bonds. The lowest BCUT2D eigenvalue weighted by Gasteiger charge is -2.35. The average Bonchev–Trinajstić information content (AvgIpc) is 2.88. The van der Waals surface area contributed by atoms with Crippen molar-refractivity contribution in [2.24, 2.45) is 11.3 Å². The fourth-order valence-corrected chi connectivity index (χ4v) is 2.75. The van der Waals surface area contributed by atoms with Crippen LogP contribution in [0, 0.1) is 11.3 Å². The van der Waals surface area contributed by atoms with Gasteiger partial charge in [0.2, 0.25) is 6.79 Å². The average molecular weight is 306 g/mol. The summed E-state index contributed by atoms with van der Waals surface area (Å²) in [5, 5.41) is 8.91. The maximum Gasteiger partial charge on any atom is 0.303 e. The number of benzene rings is 1. The summed E-state index contributed by atoms with van der Waals surface area (Å²) in [4.78, 5) is 10.8. The van der Waals surface area contributed by atoms with Gasteiger partial charge < -0.3 is 20.3 Å². The van der Waals surface area contributed by atoms with Gasteiger partial charge in [0.05, 0.1) is 0 Å². The van der Waals surface area contributed by atoms with Gasteiger partial charge in [-0.3, -0.25) is 4.79 Å². The highest BCUT2D eigenvalue weighted by Crippen LogP contribution is 2.40. The van der Waals surface area contributed by atoms with E-state index in [1.165, 1.54) is 0 Å². The van der Waals surface area contributed by atoms with Gasteiger partial charge in [0.1, 0.15) is 0 Å². The molecule has 1 aromatic rings. The molecule has 122 valence electrons. The second-order valence-corrected chi connectivity index (χ2v) is 6.90. The van der Waals surface area contributed by atoms with Crippen molar-refractivity contribution in [3.63, 3.8) is 0 Å². The summed E-state index contributed by atoms with van der Waals surface area (Å²) < 4.78 is 10.6. The van der Waals surface area contributed by atoms with E-state index in [4.69, 9.17) is 20.3 Å². The molecule has 1 aliphatic heterocycles. The van der Waals surface area contributed by atoms with Crippen LogP contribution in [-0.2, 0) is 4.79 Å². The van der Waals surface area contributed by atoms with Crippen molar-refractivity contribution < 1.29 is 19.4 Å². The van der Waals surface area contributed by atoms with Crippen molar-refractivity contribution in [1.29, 1.82) is 0 Å². The number of aliphatic carboxylic acids is 1. The van der Waals surface area contributed by atoms with E-state index in [9.17, 15) is 4.79 Å². The fourth-order valence-electron chi connectivity index (χ4n) is 2.75. The zero-order valence-corrected chi connectivity index (χ0v) is 13.4. The molecule has 0 saturated carbocycles. The Bertz CT molecular complexity index is 536. The Morgan fingerprint density at radius 3 is 2.64 bits per heavy atom. The molecule has 2 rings (SSSR count). The van der Waals surface area contributed by atoms with Crippen LogP contribution in [-0.4, -0.2) is 17.9 Å². The zero-order valence-electron chi connectivity index (χ0n) is 13.4. The van der Waals surface area contributed by atoms with Crippen LogP contribution in [0.5, 0.6) is 11.5 Å². The van der Waals surface area contributed by atoms with Crippen molar-refractivity contribution in [3.05, 3.63) is 29.5 Å².